The van der Waals surface area contributed by atoms with Crippen molar-refractivity contribution in [3.05, 3.63) is 0 Å². The van der Waals surface area contributed by atoms with Crippen molar-refractivity contribution in [2.24, 2.45) is 5.73 Å². The minimum Gasteiger partial charge on any atom is -0.480 e. The first-order valence-electron chi connectivity index (χ1n) is 3.74. The van der Waals surface area contributed by atoms with Crippen molar-refractivity contribution >= 4 is 5.97 Å². The fraction of sp³-hybridized carbons (Fsp3) is 0.857. The quantitative estimate of drug-likeness (QED) is 0.452. The SMILES string of the molecule is CC(O)C(N)C(=O)O.CCCO. The molecule has 12 heavy (non-hydrogen) atoms. The van der Waals surface area contributed by atoms with Gasteiger partial charge in [0.25, 0.3) is 0 Å². The van der Waals surface area contributed by atoms with Gasteiger partial charge in [0.15, 0.2) is 0 Å². The number of carbonyl (C=O) groups is 1. The number of carboxylic acids is 1. The summed E-state index contributed by atoms with van der Waals surface area (Å²) in [4.78, 5) is 9.86. The van der Waals surface area contributed by atoms with E-state index in [2.05, 4.69) is 0 Å². The van der Waals surface area contributed by atoms with E-state index in [-0.39, 0.29) is 0 Å². The molecule has 0 aliphatic heterocycles. The average Bonchev–Trinajstić information content (AvgIpc) is 2.03. The van der Waals surface area contributed by atoms with E-state index in [4.69, 9.17) is 21.1 Å². The third-order valence-electron chi connectivity index (χ3n) is 1.03. The Labute approximate surface area is 71.8 Å². The zero-order chi connectivity index (χ0) is 10.1. The standard InChI is InChI=1S/C4H9NO3.C3H8O/c1-2(6)3(5)4(7)8;1-2-3-4/h2-3,6H,5H2,1H3,(H,7,8);4H,2-3H2,1H3. The molecule has 5 heteroatoms. The summed E-state index contributed by atoms with van der Waals surface area (Å²) in [7, 11) is 0. The summed E-state index contributed by atoms with van der Waals surface area (Å²) in [5, 5.41) is 24.4. The summed E-state index contributed by atoms with van der Waals surface area (Å²) in [6.07, 6.45) is -0.104. The van der Waals surface area contributed by atoms with E-state index in [0.29, 0.717) is 6.61 Å². The van der Waals surface area contributed by atoms with Crippen LogP contribution in [0.3, 0.4) is 0 Å². The van der Waals surface area contributed by atoms with Crippen molar-refractivity contribution < 1.29 is 20.1 Å². The smallest absolute Gasteiger partial charge is 0.323 e. The Kier molecular flexibility index (Phi) is 9.79. The van der Waals surface area contributed by atoms with Crippen molar-refractivity contribution in [3.8, 4) is 0 Å². The maximum Gasteiger partial charge on any atom is 0.323 e. The Morgan fingerprint density at radius 1 is 1.58 bits per heavy atom. The summed E-state index contributed by atoms with van der Waals surface area (Å²) >= 11 is 0. The number of hydrogen-bond acceptors (Lipinski definition) is 4. The molecular formula is C7H17NO4. The monoisotopic (exact) mass is 179 g/mol. The highest BCUT2D eigenvalue weighted by Crippen LogP contribution is 1.85. The fourth-order valence-corrected chi connectivity index (χ4v) is 0.206. The molecule has 0 bridgehead atoms. The molecule has 0 aliphatic carbocycles. The van der Waals surface area contributed by atoms with Crippen LogP contribution in [0.15, 0.2) is 0 Å². The van der Waals surface area contributed by atoms with E-state index in [1.807, 2.05) is 6.92 Å². The maximum atomic E-state index is 9.86. The van der Waals surface area contributed by atoms with E-state index in [1.165, 1.54) is 6.92 Å². The van der Waals surface area contributed by atoms with Crippen LogP contribution in [0.5, 0.6) is 0 Å². The van der Waals surface area contributed by atoms with Gasteiger partial charge in [0.2, 0.25) is 0 Å². The highest BCUT2D eigenvalue weighted by molar-refractivity contribution is 5.73. The summed E-state index contributed by atoms with van der Waals surface area (Å²) in [6, 6.07) is -1.16. The van der Waals surface area contributed by atoms with E-state index in [9.17, 15) is 4.79 Å². The molecule has 0 spiro atoms. The molecule has 0 aromatic carbocycles. The van der Waals surface area contributed by atoms with Crippen LogP contribution < -0.4 is 5.73 Å². The van der Waals surface area contributed by atoms with Gasteiger partial charge in [-0.15, -0.1) is 0 Å². The van der Waals surface area contributed by atoms with Crippen molar-refractivity contribution in [1.82, 2.24) is 0 Å². The average molecular weight is 179 g/mol. The summed E-state index contributed by atoms with van der Waals surface area (Å²) in [5.41, 5.74) is 4.91. The largest absolute Gasteiger partial charge is 0.480 e. The molecule has 0 rings (SSSR count). The van der Waals surface area contributed by atoms with Crippen LogP contribution in [-0.4, -0.2) is 40.0 Å². The predicted octanol–water partition coefficient (Wildman–Crippen LogP) is -0.832. The van der Waals surface area contributed by atoms with Crippen molar-refractivity contribution in [2.75, 3.05) is 6.61 Å². The van der Waals surface area contributed by atoms with Gasteiger partial charge in [-0.05, 0) is 13.3 Å². The number of rotatable bonds is 3. The van der Waals surface area contributed by atoms with E-state index in [0.717, 1.165) is 6.42 Å². The number of aliphatic hydroxyl groups excluding tert-OH is 2. The van der Waals surface area contributed by atoms with Crippen molar-refractivity contribution in [1.29, 1.82) is 0 Å². The molecular weight excluding hydrogens is 162 g/mol. The van der Waals surface area contributed by atoms with Crippen LogP contribution >= 0.6 is 0 Å². The van der Waals surface area contributed by atoms with Gasteiger partial charge in [-0.3, -0.25) is 4.79 Å². The van der Waals surface area contributed by atoms with Crippen LogP contribution in [0, 0.1) is 0 Å². The molecule has 0 saturated carbocycles. The number of aliphatic hydroxyl groups is 2. The van der Waals surface area contributed by atoms with Crippen molar-refractivity contribution in [2.45, 2.75) is 32.4 Å². The zero-order valence-corrected chi connectivity index (χ0v) is 7.40. The molecule has 0 amide bonds. The number of carboxylic acid groups (broad SMARTS) is 1. The molecule has 0 heterocycles. The summed E-state index contributed by atoms with van der Waals surface area (Å²) < 4.78 is 0. The number of nitrogens with two attached hydrogens (primary N) is 1. The zero-order valence-electron chi connectivity index (χ0n) is 7.40. The molecule has 5 N–H and O–H groups in total. The van der Waals surface area contributed by atoms with Gasteiger partial charge in [-0.1, -0.05) is 6.92 Å². The Morgan fingerprint density at radius 3 is 1.92 bits per heavy atom. The third-order valence-corrected chi connectivity index (χ3v) is 1.03. The van der Waals surface area contributed by atoms with E-state index >= 15 is 0 Å². The molecule has 2 unspecified atom stereocenters. The van der Waals surface area contributed by atoms with Gasteiger partial charge in [0, 0.05) is 6.61 Å². The first-order chi connectivity index (χ1) is 5.47. The van der Waals surface area contributed by atoms with Crippen LogP contribution in [-0.2, 0) is 4.79 Å². The van der Waals surface area contributed by atoms with Gasteiger partial charge in [0.05, 0.1) is 6.10 Å². The Balaban J connectivity index is 0. The van der Waals surface area contributed by atoms with E-state index in [1.54, 1.807) is 0 Å². The van der Waals surface area contributed by atoms with Crippen LogP contribution in [0.25, 0.3) is 0 Å². The lowest BCUT2D eigenvalue weighted by molar-refractivity contribution is -0.140. The summed E-state index contributed by atoms with van der Waals surface area (Å²) in [5.74, 6) is -1.18. The Morgan fingerprint density at radius 2 is 1.92 bits per heavy atom. The second kappa shape index (κ2) is 8.45. The molecule has 0 aromatic heterocycles. The minimum atomic E-state index is -1.18. The third kappa shape index (κ3) is 9.35. The van der Waals surface area contributed by atoms with Gasteiger partial charge < -0.3 is 21.1 Å². The lowest BCUT2D eigenvalue weighted by atomic mass is 10.2. The van der Waals surface area contributed by atoms with Crippen LogP contribution in [0.4, 0.5) is 0 Å². The lowest BCUT2D eigenvalue weighted by Gasteiger charge is -2.06. The molecule has 0 aliphatic rings. The van der Waals surface area contributed by atoms with E-state index < -0.39 is 18.1 Å². The van der Waals surface area contributed by atoms with Gasteiger partial charge >= 0.3 is 5.97 Å². The van der Waals surface area contributed by atoms with Gasteiger partial charge in [-0.25, -0.2) is 0 Å². The normalized spacial score (nSPS) is 14.1. The first-order valence-corrected chi connectivity index (χ1v) is 3.74. The Hall–Kier alpha value is -0.650. The molecule has 5 nitrogen and oxygen atoms in total. The van der Waals surface area contributed by atoms with Crippen LogP contribution in [0.2, 0.25) is 0 Å². The maximum absolute atomic E-state index is 9.86. The molecule has 0 radical (unpaired) electrons. The second-order valence-electron chi connectivity index (χ2n) is 2.33. The van der Waals surface area contributed by atoms with Crippen LogP contribution in [0.1, 0.15) is 20.3 Å². The summed E-state index contributed by atoms with van der Waals surface area (Å²) in [6.45, 7) is 3.58. The van der Waals surface area contributed by atoms with Crippen molar-refractivity contribution in [3.63, 3.8) is 0 Å². The molecule has 74 valence electrons. The lowest BCUT2D eigenvalue weighted by Crippen LogP contribution is -2.39. The fourth-order valence-electron chi connectivity index (χ4n) is 0.206. The Bertz CT molecular complexity index is 114. The van der Waals surface area contributed by atoms with Gasteiger partial charge in [-0.2, -0.15) is 0 Å². The predicted molar refractivity (Wildman–Crippen MR) is 44.7 cm³/mol. The highest BCUT2D eigenvalue weighted by Gasteiger charge is 2.16. The molecule has 0 aromatic rings. The second-order valence-corrected chi connectivity index (χ2v) is 2.33. The molecule has 2 atom stereocenters. The number of hydrogen-bond donors (Lipinski definition) is 4. The molecule has 0 saturated heterocycles. The first kappa shape index (κ1) is 13.9. The minimum absolute atomic E-state index is 0.319. The molecule has 0 fully saturated rings. The topological polar surface area (TPSA) is 104 Å². The van der Waals surface area contributed by atoms with Gasteiger partial charge in [0.1, 0.15) is 6.04 Å². The highest BCUT2D eigenvalue weighted by atomic mass is 16.4. The number of aliphatic carboxylic acids is 1.